The third kappa shape index (κ3) is 4.57. The van der Waals surface area contributed by atoms with Crippen molar-refractivity contribution in [3.05, 3.63) is 29.3 Å². The van der Waals surface area contributed by atoms with Crippen LogP contribution in [0.5, 0.6) is 0 Å². The first-order chi connectivity index (χ1) is 7.24. The minimum atomic E-state index is 0.804. The number of halogens is 1. The van der Waals surface area contributed by atoms with E-state index in [-0.39, 0.29) is 0 Å². The summed E-state index contributed by atoms with van der Waals surface area (Å²) in [6.45, 7) is 3.37. The van der Waals surface area contributed by atoms with Crippen molar-refractivity contribution < 1.29 is 0 Å². The maximum atomic E-state index is 5.84. The van der Waals surface area contributed by atoms with Gasteiger partial charge in [0, 0.05) is 24.3 Å². The van der Waals surface area contributed by atoms with E-state index >= 15 is 0 Å². The van der Waals surface area contributed by atoms with Gasteiger partial charge in [-0.05, 0) is 30.7 Å². The largest absolute Gasteiger partial charge is 0.375 e. The van der Waals surface area contributed by atoms with E-state index in [1.807, 2.05) is 12.1 Å². The summed E-state index contributed by atoms with van der Waals surface area (Å²) in [6.07, 6.45) is 5.24. The number of nitrogens with zero attached hydrogens (tertiary/aromatic N) is 1. The maximum Gasteiger partial charge on any atom is 0.0407 e. The lowest BCUT2D eigenvalue weighted by atomic mass is 10.2. The van der Waals surface area contributed by atoms with Crippen molar-refractivity contribution in [3.8, 4) is 0 Å². The van der Waals surface area contributed by atoms with Crippen molar-refractivity contribution in [3.63, 3.8) is 0 Å². The van der Waals surface area contributed by atoms with Crippen LogP contribution in [0.1, 0.15) is 32.6 Å². The highest BCUT2D eigenvalue weighted by Crippen LogP contribution is 2.17. The lowest BCUT2D eigenvalue weighted by molar-refractivity contribution is 0.661. The average molecular weight is 226 g/mol. The third-order valence-corrected chi connectivity index (χ3v) is 2.87. The van der Waals surface area contributed by atoms with Gasteiger partial charge in [-0.2, -0.15) is 0 Å². The van der Waals surface area contributed by atoms with Gasteiger partial charge in [0.05, 0.1) is 0 Å². The van der Waals surface area contributed by atoms with Gasteiger partial charge < -0.3 is 4.90 Å². The van der Waals surface area contributed by atoms with Crippen molar-refractivity contribution in [1.82, 2.24) is 0 Å². The predicted molar refractivity (Wildman–Crippen MR) is 68.9 cm³/mol. The molecule has 1 aromatic carbocycles. The van der Waals surface area contributed by atoms with Gasteiger partial charge in [-0.25, -0.2) is 0 Å². The SMILES string of the molecule is CCCCCCN(C)c1ccc(Cl)cc1. The first-order valence-corrected chi connectivity index (χ1v) is 6.08. The summed E-state index contributed by atoms with van der Waals surface area (Å²) in [6, 6.07) is 8.03. The standard InChI is InChI=1S/C13H20ClN/c1-3-4-5-6-11-15(2)13-9-7-12(14)8-10-13/h7-10H,3-6,11H2,1-2H3. The Bertz CT molecular complexity index is 268. The molecule has 1 rings (SSSR count). The van der Waals surface area contributed by atoms with Gasteiger partial charge >= 0.3 is 0 Å². The van der Waals surface area contributed by atoms with Gasteiger partial charge in [0.1, 0.15) is 0 Å². The van der Waals surface area contributed by atoms with Crippen LogP contribution in [0, 0.1) is 0 Å². The van der Waals surface area contributed by atoms with Crippen LogP contribution in [-0.2, 0) is 0 Å². The zero-order valence-corrected chi connectivity index (χ0v) is 10.4. The Morgan fingerprint density at radius 1 is 1.07 bits per heavy atom. The fourth-order valence-corrected chi connectivity index (χ4v) is 1.73. The molecule has 0 aliphatic heterocycles. The molecule has 0 amide bonds. The molecule has 0 bridgehead atoms. The monoisotopic (exact) mass is 225 g/mol. The van der Waals surface area contributed by atoms with Gasteiger partial charge in [0.25, 0.3) is 0 Å². The number of rotatable bonds is 6. The van der Waals surface area contributed by atoms with Crippen molar-refractivity contribution in [1.29, 1.82) is 0 Å². The molecular formula is C13H20ClN. The number of benzene rings is 1. The summed E-state index contributed by atoms with van der Waals surface area (Å²) in [7, 11) is 2.13. The highest BCUT2D eigenvalue weighted by atomic mass is 35.5. The topological polar surface area (TPSA) is 3.24 Å². The van der Waals surface area contributed by atoms with E-state index in [1.165, 1.54) is 31.4 Å². The van der Waals surface area contributed by atoms with Crippen LogP contribution in [0.3, 0.4) is 0 Å². The summed E-state index contributed by atoms with van der Waals surface area (Å²) in [4.78, 5) is 2.28. The number of unbranched alkanes of at least 4 members (excludes halogenated alkanes) is 3. The van der Waals surface area contributed by atoms with Crippen molar-refractivity contribution >= 4 is 17.3 Å². The summed E-state index contributed by atoms with van der Waals surface area (Å²) in [5.41, 5.74) is 1.25. The van der Waals surface area contributed by atoms with E-state index in [1.54, 1.807) is 0 Å². The Balaban J connectivity index is 2.33. The van der Waals surface area contributed by atoms with E-state index in [9.17, 15) is 0 Å². The Morgan fingerprint density at radius 3 is 2.33 bits per heavy atom. The zero-order chi connectivity index (χ0) is 11.1. The number of hydrogen-bond donors (Lipinski definition) is 0. The molecule has 0 aromatic heterocycles. The Kier molecular flexibility index (Phi) is 5.56. The van der Waals surface area contributed by atoms with Crippen LogP contribution >= 0.6 is 11.6 Å². The van der Waals surface area contributed by atoms with Gasteiger partial charge in [0.15, 0.2) is 0 Å². The van der Waals surface area contributed by atoms with Crippen LogP contribution in [0.2, 0.25) is 5.02 Å². The molecule has 0 fully saturated rings. The summed E-state index contributed by atoms with van der Waals surface area (Å²) < 4.78 is 0. The average Bonchev–Trinajstić information content (AvgIpc) is 2.25. The van der Waals surface area contributed by atoms with Crippen LogP contribution in [0.15, 0.2) is 24.3 Å². The predicted octanol–water partition coefficient (Wildman–Crippen LogP) is 4.36. The Morgan fingerprint density at radius 2 is 1.73 bits per heavy atom. The van der Waals surface area contributed by atoms with Crippen molar-refractivity contribution in [2.75, 3.05) is 18.5 Å². The fourth-order valence-electron chi connectivity index (χ4n) is 1.60. The smallest absolute Gasteiger partial charge is 0.0407 e. The minimum Gasteiger partial charge on any atom is -0.375 e. The second-order valence-corrected chi connectivity index (χ2v) is 4.40. The maximum absolute atomic E-state index is 5.84. The van der Waals surface area contributed by atoms with Crippen LogP contribution < -0.4 is 4.90 Å². The molecule has 0 radical (unpaired) electrons. The van der Waals surface area contributed by atoms with Gasteiger partial charge in [-0.1, -0.05) is 37.8 Å². The molecule has 0 spiro atoms. The molecule has 0 saturated carbocycles. The molecule has 2 heteroatoms. The molecule has 0 aliphatic carbocycles. The molecule has 0 heterocycles. The summed E-state index contributed by atoms with van der Waals surface area (Å²) in [5, 5.41) is 0.804. The normalized spacial score (nSPS) is 10.3. The number of hydrogen-bond acceptors (Lipinski definition) is 1. The summed E-state index contributed by atoms with van der Waals surface area (Å²) >= 11 is 5.84. The molecule has 0 aliphatic rings. The highest BCUT2D eigenvalue weighted by molar-refractivity contribution is 6.30. The molecule has 84 valence electrons. The van der Waals surface area contributed by atoms with E-state index < -0.39 is 0 Å². The molecule has 0 N–H and O–H groups in total. The van der Waals surface area contributed by atoms with Crippen molar-refractivity contribution in [2.24, 2.45) is 0 Å². The lowest BCUT2D eigenvalue weighted by Gasteiger charge is -2.19. The zero-order valence-electron chi connectivity index (χ0n) is 9.67. The first kappa shape index (κ1) is 12.4. The first-order valence-electron chi connectivity index (χ1n) is 5.70. The third-order valence-electron chi connectivity index (χ3n) is 2.61. The van der Waals surface area contributed by atoms with E-state index in [0.717, 1.165) is 11.6 Å². The van der Waals surface area contributed by atoms with Crippen LogP contribution in [-0.4, -0.2) is 13.6 Å². The summed E-state index contributed by atoms with van der Waals surface area (Å²) in [5.74, 6) is 0. The lowest BCUT2D eigenvalue weighted by Crippen LogP contribution is -2.18. The molecule has 1 aromatic rings. The quantitative estimate of drug-likeness (QED) is 0.651. The Hall–Kier alpha value is -0.690. The van der Waals surface area contributed by atoms with Gasteiger partial charge in [-0.15, -0.1) is 0 Å². The fraction of sp³-hybridized carbons (Fsp3) is 0.538. The molecule has 0 unspecified atom stereocenters. The van der Waals surface area contributed by atoms with Gasteiger partial charge in [-0.3, -0.25) is 0 Å². The van der Waals surface area contributed by atoms with Crippen molar-refractivity contribution in [2.45, 2.75) is 32.6 Å². The van der Waals surface area contributed by atoms with E-state index in [4.69, 9.17) is 11.6 Å². The highest BCUT2D eigenvalue weighted by Gasteiger charge is 1.99. The second-order valence-electron chi connectivity index (χ2n) is 3.96. The molecule has 1 nitrogen and oxygen atoms in total. The minimum absolute atomic E-state index is 0.804. The second kappa shape index (κ2) is 6.73. The number of anilines is 1. The molecule has 15 heavy (non-hydrogen) atoms. The molecule has 0 saturated heterocycles. The van der Waals surface area contributed by atoms with Crippen LogP contribution in [0.25, 0.3) is 0 Å². The van der Waals surface area contributed by atoms with E-state index in [0.29, 0.717) is 0 Å². The van der Waals surface area contributed by atoms with Gasteiger partial charge in [0.2, 0.25) is 0 Å². The Labute approximate surface area is 98.0 Å². The van der Waals surface area contributed by atoms with Crippen LogP contribution in [0.4, 0.5) is 5.69 Å². The molecule has 0 atom stereocenters. The molecular weight excluding hydrogens is 206 g/mol. The van der Waals surface area contributed by atoms with E-state index in [2.05, 4.69) is 31.0 Å².